The number of nitrogens with zero attached hydrogens (tertiary/aromatic N) is 4. The normalized spacial score (nSPS) is 14.6. The molecule has 0 aliphatic carbocycles. The molecule has 0 radical (unpaired) electrons. The lowest BCUT2D eigenvalue weighted by Crippen LogP contribution is -2.21. The fourth-order valence-electron chi connectivity index (χ4n) is 3.26. The number of halogens is 3. The molecule has 1 aromatic carbocycles. The molecule has 1 aliphatic rings. The minimum Gasteiger partial charge on any atom is -0.392 e. The second-order valence-corrected chi connectivity index (χ2v) is 7.19. The van der Waals surface area contributed by atoms with Gasteiger partial charge in [-0.1, -0.05) is 40.9 Å². The Morgan fingerprint density at radius 1 is 1.08 bits per heavy atom. The van der Waals surface area contributed by atoms with Crippen molar-refractivity contribution in [2.75, 3.05) is 11.4 Å². The lowest BCUT2D eigenvalue weighted by Gasteiger charge is -2.22. The van der Waals surface area contributed by atoms with E-state index in [1.54, 1.807) is 18.3 Å². The van der Waals surface area contributed by atoms with Gasteiger partial charge in [0, 0.05) is 24.8 Å². The molecule has 0 saturated carbocycles. The van der Waals surface area contributed by atoms with E-state index in [1.807, 2.05) is 11.0 Å². The summed E-state index contributed by atoms with van der Waals surface area (Å²) in [5.74, 6) is 1.35. The Morgan fingerprint density at radius 3 is 2.64 bits per heavy atom. The Kier molecular flexibility index (Phi) is 4.50. The van der Waals surface area contributed by atoms with E-state index in [0.29, 0.717) is 26.4 Å². The van der Waals surface area contributed by atoms with Gasteiger partial charge in [0.2, 0.25) is 5.95 Å². The molecule has 1 aliphatic heterocycles. The van der Waals surface area contributed by atoms with Crippen molar-refractivity contribution in [1.82, 2.24) is 14.5 Å². The monoisotopic (exact) mass is 396 g/mol. The highest BCUT2D eigenvalue weighted by atomic mass is 35.5. The molecule has 3 aromatic rings. The number of anilines is 2. The van der Waals surface area contributed by atoms with Gasteiger partial charge in [0.1, 0.15) is 5.52 Å². The fourth-order valence-corrected chi connectivity index (χ4v) is 3.93. The molecule has 0 bridgehead atoms. The van der Waals surface area contributed by atoms with Gasteiger partial charge >= 0.3 is 0 Å². The van der Waals surface area contributed by atoms with Crippen LogP contribution < -0.4 is 4.90 Å². The molecular formula is C17H15Cl3N4O. The summed E-state index contributed by atoms with van der Waals surface area (Å²) in [4.78, 5) is 11.1. The van der Waals surface area contributed by atoms with Gasteiger partial charge in [-0.15, -0.1) is 0 Å². The smallest absolute Gasteiger partial charge is 0.212 e. The average molecular weight is 398 g/mol. The summed E-state index contributed by atoms with van der Waals surface area (Å²) in [6.07, 6.45) is 3.53. The van der Waals surface area contributed by atoms with Crippen molar-refractivity contribution in [2.24, 2.45) is 0 Å². The quantitative estimate of drug-likeness (QED) is 0.674. The Hall–Kier alpha value is -1.53. The topological polar surface area (TPSA) is 54.2 Å². The summed E-state index contributed by atoms with van der Waals surface area (Å²) >= 11 is 18.7. The van der Waals surface area contributed by atoms with Gasteiger partial charge in [0.15, 0.2) is 5.82 Å². The van der Waals surface area contributed by atoms with Crippen molar-refractivity contribution in [1.29, 1.82) is 0 Å². The summed E-state index contributed by atoms with van der Waals surface area (Å²) in [6.45, 7) is 1.46. The highest BCUT2D eigenvalue weighted by Gasteiger charge is 2.25. The Balaban J connectivity index is 1.97. The van der Waals surface area contributed by atoms with Gasteiger partial charge in [-0.2, -0.15) is 0 Å². The number of hydrogen-bond acceptors (Lipinski definition) is 4. The number of fused-ring (bicyclic) bond motifs is 3. The maximum Gasteiger partial charge on any atom is 0.212 e. The van der Waals surface area contributed by atoms with E-state index < -0.39 is 0 Å². The molecule has 0 atom stereocenters. The summed E-state index contributed by atoms with van der Waals surface area (Å²) in [5.41, 5.74) is 2.34. The van der Waals surface area contributed by atoms with Gasteiger partial charge in [0.25, 0.3) is 0 Å². The van der Waals surface area contributed by atoms with Crippen LogP contribution in [-0.4, -0.2) is 26.2 Å². The average Bonchev–Trinajstić information content (AvgIpc) is 2.85. The predicted molar refractivity (Wildman–Crippen MR) is 101 cm³/mol. The zero-order valence-electron chi connectivity index (χ0n) is 13.2. The van der Waals surface area contributed by atoms with Crippen molar-refractivity contribution < 1.29 is 5.11 Å². The van der Waals surface area contributed by atoms with Crippen molar-refractivity contribution in [3.05, 3.63) is 45.0 Å². The molecule has 0 amide bonds. The van der Waals surface area contributed by atoms with Crippen molar-refractivity contribution in [2.45, 2.75) is 26.0 Å². The Labute approximate surface area is 159 Å². The summed E-state index contributed by atoms with van der Waals surface area (Å²) in [6, 6.07) is 5.28. The van der Waals surface area contributed by atoms with E-state index >= 15 is 0 Å². The van der Waals surface area contributed by atoms with Crippen LogP contribution in [0.25, 0.3) is 11.0 Å². The molecule has 25 heavy (non-hydrogen) atoms. The van der Waals surface area contributed by atoms with E-state index in [9.17, 15) is 5.11 Å². The minimum absolute atomic E-state index is 0.0707. The molecule has 1 N–H and O–H groups in total. The zero-order valence-corrected chi connectivity index (χ0v) is 15.5. The van der Waals surface area contributed by atoms with Crippen molar-refractivity contribution >= 4 is 57.6 Å². The largest absolute Gasteiger partial charge is 0.392 e. The molecule has 0 unspecified atom stereocenters. The molecule has 130 valence electrons. The molecule has 3 heterocycles. The van der Waals surface area contributed by atoms with Gasteiger partial charge in [-0.3, -0.25) is 4.90 Å². The third kappa shape index (κ3) is 2.85. The number of aliphatic hydroxyl groups excluding tert-OH is 1. The third-order valence-electron chi connectivity index (χ3n) is 4.38. The Morgan fingerprint density at radius 2 is 1.88 bits per heavy atom. The molecule has 8 heteroatoms. The molecule has 0 saturated heterocycles. The van der Waals surface area contributed by atoms with Gasteiger partial charge in [-0.05, 0) is 25.0 Å². The first-order valence-corrected chi connectivity index (χ1v) is 9.10. The predicted octanol–water partition coefficient (Wildman–Crippen LogP) is 4.82. The van der Waals surface area contributed by atoms with Crippen LogP contribution in [0.5, 0.6) is 0 Å². The number of aromatic nitrogens is 3. The summed E-state index contributed by atoms with van der Waals surface area (Å²) in [7, 11) is 0. The van der Waals surface area contributed by atoms with E-state index in [2.05, 4.69) is 9.55 Å². The number of imidazole rings is 1. The summed E-state index contributed by atoms with van der Waals surface area (Å²) in [5, 5.41) is 11.2. The van der Waals surface area contributed by atoms with Crippen LogP contribution in [0.4, 0.5) is 11.8 Å². The van der Waals surface area contributed by atoms with E-state index in [0.717, 1.165) is 43.0 Å². The van der Waals surface area contributed by atoms with Crippen LogP contribution in [0.1, 0.15) is 18.4 Å². The highest BCUT2D eigenvalue weighted by Crippen LogP contribution is 2.37. The van der Waals surface area contributed by atoms with Gasteiger partial charge in [-0.25, -0.2) is 9.97 Å². The summed E-state index contributed by atoms with van der Waals surface area (Å²) < 4.78 is 2.09. The first-order chi connectivity index (χ1) is 12.1. The van der Waals surface area contributed by atoms with Gasteiger partial charge in [0.05, 0.1) is 27.2 Å². The molecule has 2 aromatic heterocycles. The van der Waals surface area contributed by atoms with Crippen molar-refractivity contribution in [3.63, 3.8) is 0 Å². The molecule has 5 nitrogen and oxygen atoms in total. The number of aryl methyl sites for hydroxylation is 1. The van der Waals surface area contributed by atoms with Crippen LogP contribution in [0.2, 0.25) is 15.1 Å². The molecule has 4 rings (SSSR count). The van der Waals surface area contributed by atoms with Crippen LogP contribution in [-0.2, 0) is 13.2 Å². The number of aliphatic hydroxyl groups is 1. The maximum absolute atomic E-state index is 9.73. The van der Waals surface area contributed by atoms with E-state index in [-0.39, 0.29) is 6.61 Å². The number of benzene rings is 1. The minimum atomic E-state index is -0.0707. The molecule has 0 fully saturated rings. The Bertz CT molecular complexity index is 957. The van der Waals surface area contributed by atoms with Crippen LogP contribution in [0.3, 0.4) is 0 Å². The maximum atomic E-state index is 9.73. The third-order valence-corrected chi connectivity index (χ3v) is 5.17. The second-order valence-electron chi connectivity index (χ2n) is 5.94. The molecular weight excluding hydrogens is 383 g/mol. The standard InChI is InChI=1S/C17H15Cl3N4O/c18-11-7-13(20)16(21-8-11)24-6-2-1-5-23-15-10(9-25)3-4-12(19)14(15)22-17(23)24/h3-4,7-8,25H,1-2,5-6,9H2. The lowest BCUT2D eigenvalue weighted by molar-refractivity contribution is 0.283. The zero-order chi connectivity index (χ0) is 17.6. The number of rotatable bonds is 2. The number of pyridine rings is 1. The number of hydrogen-bond donors (Lipinski definition) is 1. The first kappa shape index (κ1) is 16.9. The van der Waals surface area contributed by atoms with Gasteiger partial charge < -0.3 is 9.67 Å². The lowest BCUT2D eigenvalue weighted by atomic mass is 10.2. The van der Waals surface area contributed by atoms with Crippen LogP contribution in [0.15, 0.2) is 24.4 Å². The van der Waals surface area contributed by atoms with Crippen LogP contribution >= 0.6 is 34.8 Å². The fraction of sp³-hybridized carbons (Fsp3) is 0.294. The highest BCUT2D eigenvalue weighted by molar-refractivity contribution is 6.36. The first-order valence-electron chi connectivity index (χ1n) is 7.97. The SMILES string of the molecule is OCc1ccc(Cl)c2nc3n(c12)CCCCN3c1ncc(Cl)cc1Cl. The second kappa shape index (κ2) is 6.65. The van der Waals surface area contributed by atoms with E-state index in [4.69, 9.17) is 39.8 Å². The molecule has 0 spiro atoms. The van der Waals surface area contributed by atoms with Crippen molar-refractivity contribution in [3.8, 4) is 0 Å². The van der Waals surface area contributed by atoms with E-state index in [1.165, 1.54) is 0 Å². The van der Waals surface area contributed by atoms with Crippen LogP contribution in [0, 0.1) is 0 Å².